The van der Waals surface area contributed by atoms with Crippen LogP contribution in [0.25, 0.3) is 0 Å². The second kappa shape index (κ2) is 2.41. The van der Waals surface area contributed by atoms with Crippen molar-refractivity contribution in [2.45, 2.75) is 6.92 Å². The van der Waals surface area contributed by atoms with Crippen LogP contribution in [0.5, 0.6) is 0 Å². The van der Waals surface area contributed by atoms with Crippen LogP contribution in [0.1, 0.15) is 6.92 Å². The predicted molar refractivity (Wildman–Crippen MR) is 41.7 cm³/mol. The molecule has 0 aromatic rings. The summed E-state index contributed by atoms with van der Waals surface area (Å²) < 4.78 is 53.9. The zero-order chi connectivity index (χ0) is 9.62. The van der Waals surface area contributed by atoms with Crippen molar-refractivity contribution in [3.8, 4) is 0 Å². The molecule has 0 aliphatic carbocycles. The predicted octanol–water partition coefficient (Wildman–Crippen LogP) is -0.280. The molecule has 0 aromatic heterocycles. The van der Waals surface area contributed by atoms with Gasteiger partial charge in [0.05, 0.1) is 17.3 Å². The van der Waals surface area contributed by atoms with Gasteiger partial charge >= 0.3 is 10.2 Å². The zero-order valence-corrected chi connectivity index (χ0v) is 8.08. The molecular weight excluding hydrogens is 207 g/mol. The van der Waals surface area contributed by atoms with Gasteiger partial charge in [0.1, 0.15) is 0 Å². The lowest BCUT2D eigenvalue weighted by molar-refractivity contribution is 0.403. The molecule has 1 heterocycles. The van der Waals surface area contributed by atoms with E-state index in [1.807, 2.05) is 0 Å². The SMILES string of the molecule is CC1(CS(=O)(=O)F)CS(=O)(=O)C1. The Bertz CT molecular complexity index is 368. The molecule has 12 heavy (non-hydrogen) atoms. The average molecular weight is 216 g/mol. The Kier molecular flexibility index (Phi) is 1.99. The van der Waals surface area contributed by atoms with Crippen LogP contribution < -0.4 is 0 Å². The van der Waals surface area contributed by atoms with Crippen molar-refractivity contribution in [3.63, 3.8) is 0 Å². The summed E-state index contributed by atoms with van der Waals surface area (Å²) in [4.78, 5) is 0. The van der Waals surface area contributed by atoms with Crippen molar-refractivity contribution < 1.29 is 20.7 Å². The number of halogens is 1. The highest BCUT2D eigenvalue weighted by molar-refractivity contribution is 7.93. The van der Waals surface area contributed by atoms with Crippen LogP contribution in [0, 0.1) is 5.41 Å². The minimum Gasteiger partial charge on any atom is -0.229 e. The highest BCUT2D eigenvalue weighted by atomic mass is 32.3. The fourth-order valence-electron chi connectivity index (χ4n) is 1.52. The lowest BCUT2D eigenvalue weighted by Gasteiger charge is -2.35. The third-order valence-corrected chi connectivity index (χ3v) is 4.97. The maximum Gasteiger partial charge on any atom is 0.303 e. The van der Waals surface area contributed by atoms with Gasteiger partial charge in [-0.2, -0.15) is 8.42 Å². The van der Waals surface area contributed by atoms with E-state index < -0.39 is 31.2 Å². The largest absolute Gasteiger partial charge is 0.303 e. The summed E-state index contributed by atoms with van der Waals surface area (Å²) >= 11 is 0. The van der Waals surface area contributed by atoms with Gasteiger partial charge in [-0.1, -0.05) is 6.92 Å². The van der Waals surface area contributed by atoms with E-state index in [-0.39, 0.29) is 11.5 Å². The lowest BCUT2D eigenvalue weighted by atomic mass is 9.98. The molecule has 0 bridgehead atoms. The van der Waals surface area contributed by atoms with E-state index in [0.29, 0.717) is 0 Å². The van der Waals surface area contributed by atoms with Crippen LogP contribution >= 0.6 is 0 Å². The molecule has 0 aromatic carbocycles. The monoisotopic (exact) mass is 216 g/mol. The summed E-state index contributed by atoms with van der Waals surface area (Å²) in [5.41, 5.74) is -0.910. The van der Waals surface area contributed by atoms with Crippen molar-refractivity contribution in [1.29, 1.82) is 0 Å². The highest BCUT2D eigenvalue weighted by Crippen LogP contribution is 2.33. The Morgan fingerprint density at radius 3 is 2.08 bits per heavy atom. The van der Waals surface area contributed by atoms with Gasteiger partial charge in [-0.25, -0.2) is 8.42 Å². The first-order valence-electron chi connectivity index (χ1n) is 3.25. The van der Waals surface area contributed by atoms with E-state index >= 15 is 0 Å². The van der Waals surface area contributed by atoms with E-state index in [9.17, 15) is 20.7 Å². The van der Waals surface area contributed by atoms with Crippen molar-refractivity contribution in [2.75, 3.05) is 17.3 Å². The average Bonchev–Trinajstić information content (AvgIpc) is 1.48. The quantitative estimate of drug-likeness (QED) is 0.595. The molecule has 1 fully saturated rings. The smallest absolute Gasteiger partial charge is 0.229 e. The van der Waals surface area contributed by atoms with Crippen molar-refractivity contribution >= 4 is 20.1 Å². The number of rotatable bonds is 2. The fraction of sp³-hybridized carbons (Fsp3) is 1.00. The maximum atomic E-state index is 12.1. The summed E-state index contributed by atoms with van der Waals surface area (Å²) in [6.45, 7) is 1.45. The van der Waals surface area contributed by atoms with Gasteiger partial charge < -0.3 is 0 Å². The van der Waals surface area contributed by atoms with Gasteiger partial charge in [0.25, 0.3) is 0 Å². The number of hydrogen-bond donors (Lipinski definition) is 0. The summed E-state index contributed by atoms with van der Waals surface area (Å²) in [7, 11) is -7.65. The molecule has 4 nitrogen and oxygen atoms in total. The molecule has 1 aliphatic rings. The van der Waals surface area contributed by atoms with Crippen LogP contribution in [0.3, 0.4) is 0 Å². The molecular formula is C5H9FO4S2. The molecule has 7 heteroatoms. The molecule has 0 N–H and O–H groups in total. The first-order chi connectivity index (χ1) is 5.12. The van der Waals surface area contributed by atoms with Gasteiger partial charge in [-0.15, -0.1) is 3.89 Å². The third-order valence-electron chi connectivity index (χ3n) is 1.66. The molecule has 72 valence electrons. The van der Waals surface area contributed by atoms with Crippen LogP contribution in [-0.4, -0.2) is 34.1 Å². The molecule has 0 spiro atoms. The normalized spacial score (nSPS) is 26.2. The Balaban J connectivity index is 2.70. The number of hydrogen-bond acceptors (Lipinski definition) is 4. The van der Waals surface area contributed by atoms with Crippen molar-refractivity contribution in [3.05, 3.63) is 0 Å². The topological polar surface area (TPSA) is 68.3 Å². The Hall–Kier alpha value is -0.170. The Morgan fingerprint density at radius 2 is 1.83 bits per heavy atom. The third kappa shape index (κ3) is 2.41. The standard InChI is InChI=1S/C5H9FO4S2/c1-5(4-12(6,9)10)2-11(7,8)3-5/h2-4H2,1H3. The molecule has 0 amide bonds. The molecule has 1 rings (SSSR count). The van der Waals surface area contributed by atoms with Gasteiger partial charge in [0.15, 0.2) is 9.84 Å². The fourth-order valence-corrected chi connectivity index (χ4v) is 5.06. The molecule has 0 unspecified atom stereocenters. The second-order valence-corrected chi connectivity index (χ2v) is 6.96. The molecule has 0 saturated carbocycles. The first-order valence-corrected chi connectivity index (χ1v) is 6.62. The van der Waals surface area contributed by atoms with Gasteiger partial charge in [0.2, 0.25) is 0 Å². The first kappa shape index (κ1) is 9.91. The Morgan fingerprint density at radius 1 is 1.42 bits per heavy atom. The second-order valence-electron chi connectivity index (χ2n) is 3.53. The Labute approximate surface area is 70.9 Å². The molecule has 0 radical (unpaired) electrons. The summed E-state index contributed by atoms with van der Waals surface area (Å²) in [5.74, 6) is -1.16. The van der Waals surface area contributed by atoms with E-state index in [0.717, 1.165) is 0 Å². The van der Waals surface area contributed by atoms with Gasteiger partial charge in [-0.05, 0) is 0 Å². The van der Waals surface area contributed by atoms with E-state index in [2.05, 4.69) is 0 Å². The van der Waals surface area contributed by atoms with E-state index in [1.165, 1.54) is 6.92 Å². The van der Waals surface area contributed by atoms with Crippen LogP contribution in [-0.2, 0) is 20.1 Å². The van der Waals surface area contributed by atoms with E-state index in [1.54, 1.807) is 0 Å². The molecule has 1 aliphatic heterocycles. The zero-order valence-electron chi connectivity index (χ0n) is 6.45. The maximum absolute atomic E-state index is 12.1. The van der Waals surface area contributed by atoms with Gasteiger partial charge in [0, 0.05) is 5.41 Å². The van der Waals surface area contributed by atoms with E-state index in [4.69, 9.17) is 0 Å². The summed E-state index contributed by atoms with van der Waals surface area (Å²) in [6.07, 6.45) is 0. The van der Waals surface area contributed by atoms with Gasteiger partial charge in [-0.3, -0.25) is 0 Å². The van der Waals surface area contributed by atoms with Crippen LogP contribution in [0.4, 0.5) is 3.89 Å². The highest BCUT2D eigenvalue weighted by Gasteiger charge is 2.47. The molecule has 0 atom stereocenters. The van der Waals surface area contributed by atoms with Crippen molar-refractivity contribution in [1.82, 2.24) is 0 Å². The van der Waals surface area contributed by atoms with Crippen molar-refractivity contribution in [2.24, 2.45) is 5.41 Å². The van der Waals surface area contributed by atoms with Crippen LogP contribution in [0.2, 0.25) is 0 Å². The molecule has 1 saturated heterocycles. The van der Waals surface area contributed by atoms with Crippen LogP contribution in [0.15, 0.2) is 0 Å². The minimum atomic E-state index is -4.56. The lowest BCUT2D eigenvalue weighted by Crippen LogP contribution is -2.49. The summed E-state index contributed by atoms with van der Waals surface area (Å²) in [6, 6.07) is 0. The number of sulfone groups is 1. The summed E-state index contributed by atoms with van der Waals surface area (Å²) in [5, 5.41) is 0. The minimum absolute atomic E-state index is 0.233.